The molecule has 1 fully saturated rings. The molecule has 1 heterocycles. The second kappa shape index (κ2) is 7.18. The molecule has 1 amide bonds. The zero-order chi connectivity index (χ0) is 11.4. The van der Waals surface area contributed by atoms with E-state index < -0.39 is 0 Å². The molecule has 0 radical (unpaired) electrons. The van der Waals surface area contributed by atoms with Crippen LogP contribution in [0.1, 0.15) is 23.2 Å². The van der Waals surface area contributed by atoms with Crippen LogP contribution >= 0.6 is 35.0 Å². The highest BCUT2D eigenvalue weighted by Gasteiger charge is 2.16. The summed E-state index contributed by atoms with van der Waals surface area (Å²) in [4.78, 5) is 11.9. The molecule has 1 atom stereocenters. The summed E-state index contributed by atoms with van der Waals surface area (Å²) in [6.07, 6.45) is 2.21. The lowest BCUT2D eigenvalue weighted by atomic mass is 10.1. The molecule has 0 saturated carbocycles. The second-order valence-electron chi connectivity index (χ2n) is 4.03. The molecule has 1 aromatic carbocycles. The fourth-order valence-corrected chi connectivity index (χ4v) is 2.42. The van der Waals surface area contributed by atoms with Crippen molar-refractivity contribution in [2.24, 2.45) is 0 Å². The number of carbonyl (C=O) groups is 1. The van der Waals surface area contributed by atoms with Crippen molar-refractivity contribution in [3.8, 4) is 0 Å². The first-order chi connectivity index (χ1) is 7.75. The van der Waals surface area contributed by atoms with Crippen LogP contribution in [0.4, 0.5) is 0 Å². The number of nitrogens with one attached hydrogen (secondary N) is 2. The Kier molecular flexibility index (Phi) is 6.22. The summed E-state index contributed by atoms with van der Waals surface area (Å²) in [5, 5.41) is 6.34. The molecule has 3 nitrogen and oxygen atoms in total. The van der Waals surface area contributed by atoms with Crippen LogP contribution in [0.15, 0.2) is 24.3 Å². The summed E-state index contributed by atoms with van der Waals surface area (Å²) in [7, 11) is 0. The van der Waals surface area contributed by atoms with Crippen LogP contribution < -0.4 is 10.6 Å². The third-order valence-corrected chi connectivity index (χ3v) is 3.39. The minimum atomic E-state index is 0. The van der Waals surface area contributed by atoms with E-state index in [1.165, 1.54) is 0 Å². The third kappa shape index (κ3) is 4.44. The summed E-state index contributed by atoms with van der Waals surface area (Å²) >= 11 is 2.22. The molecule has 2 N–H and O–H groups in total. The topological polar surface area (TPSA) is 41.1 Å². The molecule has 0 bridgehead atoms. The molecule has 17 heavy (non-hydrogen) atoms. The Bertz CT molecular complexity index is 381. The maximum atomic E-state index is 11.9. The maximum absolute atomic E-state index is 11.9. The van der Waals surface area contributed by atoms with Crippen molar-refractivity contribution in [2.75, 3.05) is 13.1 Å². The number of benzene rings is 1. The highest BCUT2D eigenvalue weighted by atomic mass is 127. The fourth-order valence-electron chi connectivity index (χ4n) is 1.87. The first-order valence-electron chi connectivity index (χ1n) is 5.53. The van der Waals surface area contributed by atoms with Gasteiger partial charge in [0.2, 0.25) is 0 Å². The van der Waals surface area contributed by atoms with Gasteiger partial charge < -0.3 is 10.6 Å². The molecule has 1 aliphatic heterocycles. The van der Waals surface area contributed by atoms with Gasteiger partial charge in [-0.05, 0) is 60.2 Å². The molecule has 2 rings (SSSR count). The number of hydrogen-bond acceptors (Lipinski definition) is 2. The van der Waals surface area contributed by atoms with E-state index in [1.807, 2.05) is 24.3 Å². The van der Waals surface area contributed by atoms with Gasteiger partial charge in [0.25, 0.3) is 5.91 Å². The first-order valence-corrected chi connectivity index (χ1v) is 6.61. The lowest BCUT2D eigenvalue weighted by Gasteiger charge is -2.23. The predicted molar refractivity (Wildman–Crippen MR) is 79.8 cm³/mol. The molecule has 1 aromatic rings. The molecule has 94 valence electrons. The van der Waals surface area contributed by atoms with Crippen molar-refractivity contribution in [3.63, 3.8) is 0 Å². The lowest BCUT2D eigenvalue weighted by Crippen LogP contribution is -2.45. The van der Waals surface area contributed by atoms with Gasteiger partial charge in [-0.2, -0.15) is 0 Å². The van der Waals surface area contributed by atoms with Gasteiger partial charge in [0, 0.05) is 21.7 Å². The molecule has 0 aliphatic carbocycles. The molecule has 1 aliphatic rings. The van der Waals surface area contributed by atoms with Gasteiger partial charge >= 0.3 is 0 Å². The highest BCUT2D eigenvalue weighted by Crippen LogP contribution is 2.09. The lowest BCUT2D eigenvalue weighted by molar-refractivity contribution is 0.0930. The minimum absolute atomic E-state index is 0. The Morgan fingerprint density at radius 1 is 1.47 bits per heavy atom. The van der Waals surface area contributed by atoms with Crippen molar-refractivity contribution in [3.05, 3.63) is 33.4 Å². The van der Waals surface area contributed by atoms with E-state index in [1.54, 1.807) is 0 Å². The van der Waals surface area contributed by atoms with E-state index in [0.29, 0.717) is 0 Å². The van der Waals surface area contributed by atoms with Gasteiger partial charge in [0.1, 0.15) is 0 Å². The quantitative estimate of drug-likeness (QED) is 0.788. The van der Waals surface area contributed by atoms with Gasteiger partial charge in [-0.3, -0.25) is 4.79 Å². The number of carbonyl (C=O) groups excluding carboxylic acids is 1. The van der Waals surface area contributed by atoms with E-state index >= 15 is 0 Å². The van der Waals surface area contributed by atoms with Gasteiger partial charge in [-0.25, -0.2) is 0 Å². The first kappa shape index (κ1) is 14.7. The molecule has 0 spiro atoms. The molecule has 0 aromatic heterocycles. The summed E-state index contributed by atoms with van der Waals surface area (Å²) in [6.45, 7) is 1.95. The average molecular weight is 367 g/mol. The standard InChI is InChI=1S/C12H15IN2O.ClH/c13-10-4-1-3-9(7-10)12(16)15-11-5-2-6-14-8-11;/h1,3-4,7,11,14H,2,5-6,8H2,(H,15,16);1H/t11-;/m1./s1. The molecule has 0 unspecified atom stereocenters. The van der Waals surface area contributed by atoms with Crippen molar-refractivity contribution in [2.45, 2.75) is 18.9 Å². The predicted octanol–water partition coefficient (Wildman–Crippen LogP) is 2.19. The van der Waals surface area contributed by atoms with Crippen molar-refractivity contribution in [1.29, 1.82) is 0 Å². The fraction of sp³-hybridized carbons (Fsp3) is 0.417. The van der Waals surface area contributed by atoms with E-state index in [4.69, 9.17) is 0 Å². The zero-order valence-electron chi connectivity index (χ0n) is 9.41. The average Bonchev–Trinajstić information content (AvgIpc) is 2.30. The van der Waals surface area contributed by atoms with Crippen LogP contribution in [-0.2, 0) is 0 Å². The number of rotatable bonds is 2. The third-order valence-electron chi connectivity index (χ3n) is 2.72. The van der Waals surface area contributed by atoms with Crippen LogP contribution in [0.2, 0.25) is 0 Å². The van der Waals surface area contributed by atoms with Crippen molar-refractivity contribution in [1.82, 2.24) is 10.6 Å². The normalized spacial score (nSPS) is 19.2. The minimum Gasteiger partial charge on any atom is -0.348 e. The summed E-state index contributed by atoms with van der Waals surface area (Å²) < 4.78 is 1.09. The van der Waals surface area contributed by atoms with Crippen LogP contribution in [0, 0.1) is 3.57 Å². The highest BCUT2D eigenvalue weighted by molar-refractivity contribution is 14.1. The summed E-state index contributed by atoms with van der Waals surface area (Å²) in [5.41, 5.74) is 0.748. The summed E-state index contributed by atoms with van der Waals surface area (Å²) in [6, 6.07) is 7.94. The van der Waals surface area contributed by atoms with E-state index in [-0.39, 0.29) is 24.4 Å². The zero-order valence-corrected chi connectivity index (χ0v) is 12.4. The Balaban J connectivity index is 0.00000144. The summed E-state index contributed by atoms with van der Waals surface area (Å²) in [5.74, 6) is 0.0345. The van der Waals surface area contributed by atoms with Gasteiger partial charge in [0.15, 0.2) is 0 Å². The number of halogens is 2. The molecule has 1 saturated heterocycles. The van der Waals surface area contributed by atoms with Crippen LogP contribution in [0.25, 0.3) is 0 Å². The maximum Gasteiger partial charge on any atom is 0.251 e. The smallest absolute Gasteiger partial charge is 0.251 e. The SMILES string of the molecule is Cl.O=C(N[C@@H]1CCCNC1)c1cccc(I)c1. The van der Waals surface area contributed by atoms with Crippen molar-refractivity contribution >= 4 is 40.9 Å². The Hall–Kier alpha value is -0.330. The largest absolute Gasteiger partial charge is 0.348 e. The van der Waals surface area contributed by atoms with Crippen LogP contribution in [-0.4, -0.2) is 25.0 Å². The number of hydrogen-bond donors (Lipinski definition) is 2. The Morgan fingerprint density at radius 3 is 2.94 bits per heavy atom. The van der Waals surface area contributed by atoms with Crippen LogP contribution in [0.3, 0.4) is 0 Å². The number of amides is 1. The van der Waals surface area contributed by atoms with Gasteiger partial charge in [-0.15, -0.1) is 12.4 Å². The van der Waals surface area contributed by atoms with Gasteiger partial charge in [-0.1, -0.05) is 6.07 Å². The van der Waals surface area contributed by atoms with Gasteiger partial charge in [0.05, 0.1) is 0 Å². The molecular formula is C12H16ClIN2O. The molecular weight excluding hydrogens is 351 g/mol. The Morgan fingerprint density at radius 2 is 2.29 bits per heavy atom. The van der Waals surface area contributed by atoms with E-state index in [9.17, 15) is 4.79 Å². The monoisotopic (exact) mass is 366 g/mol. The van der Waals surface area contributed by atoms with E-state index in [0.717, 1.165) is 35.1 Å². The molecule has 5 heteroatoms. The number of piperidine rings is 1. The second-order valence-corrected chi connectivity index (χ2v) is 5.27. The van der Waals surface area contributed by atoms with E-state index in [2.05, 4.69) is 33.2 Å². The van der Waals surface area contributed by atoms with Crippen molar-refractivity contribution < 1.29 is 4.79 Å². The Labute approximate surface area is 121 Å². The van der Waals surface area contributed by atoms with Crippen LogP contribution in [0.5, 0.6) is 0 Å².